The van der Waals surface area contributed by atoms with Crippen LogP contribution in [0, 0.1) is 5.41 Å². The molecule has 1 aliphatic heterocycles. The van der Waals surface area contributed by atoms with Crippen LogP contribution >= 0.6 is 0 Å². The monoisotopic (exact) mass is 266 g/mol. The molecule has 0 aromatic carbocycles. The standard InChI is InChI=1S/C15H26N2O2/c1-14(2)8-5-6-11(10-14)17-9-7-12(18)16-15(3,4)13(17)19/h11H,5-10H2,1-4H3,(H,16,18). The van der Waals surface area contributed by atoms with Crippen molar-refractivity contribution in [2.45, 2.75) is 71.4 Å². The summed E-state index contributed by atoms with van der Waals surface area (Å²) in [5.41, 5.74) is -0.466. The van der Waals surface area contributed by atoms with Gasteiger partial charge in [0.25, 0.3) is 0 Å². The molecule has 2 fully saturated rings. The van der Waals surface area contributed by atoms with E-state index < -0.39 is 5.54 Å². The SMILES string of the molecule is CC1(C)CCCC(N2CCC(=O)NC(C)(C)C2=O)C1. The van der Waals surface area contributed by atoms with Crippen molar-refractivity contribution < 1.29 is 9.59 Å². The summed E-state index contributed by atoms with van der Waals surface area (Å²) in [4.78, 5) is 26.3. The Morgan fingerprint density at radius 1 is 1.21 bits per heavy atom. The third-order valence-corrected chi connectivity index (χ3v) is 4.45. The number of rotatable bonds is 1. The molecule has 0 spiro atoms. The van der Waals surface area contributed by atoms with Gasteiger partial charge in [0.2, 0.25) is 11.8 Å². The molecule has 19 heavy (non-hydrogen) atoms. The molecule has 1 saturated carbocycles. The molecule has 1 heterocycles. The van der Waals surface area contributed by atoms with Gasteiger partial charge < -0.3 is 10.2 Å². The Morgan fingerprint density at radius 2 is 1.89 bits per heavy atom. The molecule has 2 rings (SSSR count). The van der Waals surface area contributed by atoms with Gasteiger partial charge in [0.1, 0.15) is 5.54 Å². The van der Waals surface area contributed by atoms with Crippen LogP contribution in [-0.2, 0) is 9.59 Å². The molecule has 1 unspecified atom stereocenters. The number of amides is 2. The van der Waals surface area contributed by atoms with E-state index in [1.54, 1.807) is 13.8 Å². The maximum atomic E-state index is 12.6. The zero-order chi connectivity index (χ0) is 14.3. The van der Waals surface area contributed by atoms with Gasteiger partial charge in [-0.25, -0.2) is 0 Å². The molecule has 1 aliphatic carbocycles. The molecular weight excluding hydrogens is 240 g/mol. The Morgan fingerprint density at radius 3 is 2.53 bits per heavy atom. The highest BCUT2D eigenvalue weighted by Crippen LogP contribution is 2.38. The van der Waals surface area contributed by atoms with Crippen LogP contribution in [0.2, 0.25) is 0 Å². The fourth-order valence-electron chi connectivity index (χ4n) is 3.42. The lowest BCUT2D eigenvalue weighted by molar-refractivity contribution is -0.140. The van der Waals surface area contributed by atoms with E-state index in [4.69, 9.17) is 0 Å². The maximum Gasteiger partial charge on any atom is 0.248 e. The fraction of sp³-hybridized carbons (Fsp3) is 0.867. The summed E-state index contributed by atoms with van der Waals surface area (Å²) in [6.45, 7) is 8.72. The van der Waals surface area contributed by atoms with Gasteiger partial charge >= 0.3 is 0 Å². The zero-order valence-corrected chi connectivity index (χ0v) is 12.6. The van der Waals surface area contributed by atoms with E-state index in [1.165, 1.54) is 12.8 Å². The Labute approximate surface area is 115 Å². The predicted octanol–water partition coefficient (Wildman–Crippen LogP) is 2.08. The van der Waals surface area contributed by atoms with E-state index in [2.05, 4.69) is 19.2 Å². The second-order valence-corrected chi connectivity index (χ2v) is 7.34. The zero-order valence-electron chi connectivity index (χ0n) is 12.6. The summed E-state index contributed by atoms with van der Waals surface area (Å²) in [7, 11) is 0. The van der Waals surface area contributed by atoms with E-state index in [9.17, 15) is 9.59 Å². The first kappa shape index (κ1) is 14.4. The Kier molecular flexibility index (Phi) is 3.63. The van der Waals surface area contributed by atoms with Crippen molar-refractivity contribution >= 4 is 11.8 Å². The topological polar surface area (TPSA) is 49.4 Å². The van der Waals surface area contributed by atoms with Gasteiger partial charge in [-0.2, -0.15) is 0 Å². The molecule has 108 valence electrons. The predicted molar refractivity (Wildman–Crippen MR) is 74.6 cm³/mol. The second kappa shape index (κ2) is 4.80. The number of nitrogens with zero attached hydrogens (tertiary/aromatic N) is 1. The molecule has 0 bridgehead atoms. The van der Waals surface area contributed by atoms with Crippen LogP contribution in [0.3, 0.4) is 0 Å². The quantitative estimate of drug-likeness (QED) is 0.790. The summed E-state index contributed by atoms with van der Waals surface area (Å²) in [5, 5.41) is 2.83. The minimum absolute atomic E-state index is 0.0177. The maximum absolute atomic E-state index is 12.6. The lowest BCUT2D eigenvalue weighted by Crippen LogP contribution is -2.56. The van der Waals surface area contributed by atoms with Gasteiger partial charge in [0, 0.05) is 19.0 Å². The first-order valence-electron chi connectivity index (χ1n) is 7.33. The smallest absolute Gasteiger partial charge is 0.248 e. The highest BCUT2D eigenvalue weighted by molar-refractivity contribution is 5.93. The van der Waals surface area contributed by atoms with E-state index >= 15 is 0 Å². The minimum atomic E-state index is -0.769. The fourth-order valence-corrected chi connectivity index (χ4v) is 3.42. The van der Waals surface area contributed by atoms with Crippen LogP contribution in [0.5, 0.6) is 0 Å². The van der Waals surface area contributed by atoms with E-state index in [0.717, 1.165) is 12.8 Å². The molecule has 1 N–H and O–H groups in total. The average Bonchev–Trinajstić information content (AvgIpc) is 2.35. The highest BCUT2D eigenvalue weighted by Gasteiger charge is 2.41. The van der Waals surface area contributed by atoms with Crippen molar-refractivity contribution in [2.75, 3.05) is 6.54 Å². The van der Waals surface area contributed by atoms with Crippen LogP contribution in [0.4, 0.5) is 0 Å². The highest BCUT2D eigenvalue weighted by atomic mass is 16.2. The van der Waals surface area contributed by atoms with Crippen molar-refractivity contribution in [1.29, 1.82) is 0 Å². The summed E-state index contributed by atoms with van der Waals surface area (Å²) < 4.78 is 0. The lowest BCUT2D eigenvalue weighted by Gasteiger charge is -2.42. The van der Waals surface area contributed by atoms with Crippen LogP contribution < -0.4 is 5.32 Å². The molecule has 4 nitrogen and oxygen atoms in total. The Hall–Kier alpha value is -1.06. The molecule has 2 aliphatic rings. The van der Waals surface area contributed by atoms with E-state index in [0.29, 0.717) is 24.4 Å². The van der Waals surface area contributed by atoms with Gasteiger partial charge in [0.15, 0.2) is 0 Å². The van der Waals surface area contributed by atoms with Gasteiger partial charge in [0.05, 0.1) is 0 Å². The summed E-state index contributed by atoms with van der Waals surface area (Å²) >= 11 is 0. The third-order valence-electron chi connectivity index (χ3n) is 4.45. The van der Waals surface area contributed by atoms with Gasteiger partial charge in [-0.1, -0.05) is 20.3 Å². The second-order valence-electron chi connectivity index (χ2n) is 7.34. The normalized spacial score (nSPS) is 30.7. The number of carbonyl (C=O) groups excluding carboxylic acids is 2. The third kappa shape index (κ3) is 3.10. The number of hydrogen-bond acceptors (Lipinski definition) is 2. The first-order chi connectivity index (χ1) is 8.71. The molecule has 0 aromatic heterocycles. The molecule has 1 atom stereocenters. The number of nitrogens with one attached hydrogen (secondary N) is 1. The van der Waals surface area contributed by atoms with Crippen LogP contribution in [-0.4, -0.2) is 34.8 Å². The molecule has 0 aromatic rings. The van der Waals surface area contributed by atoms with Crippen molar-refractivity contribution in [1.82, 2.24) is 10.2 Å². The van der Waals surface area contributed by atoms with Crippen LogP contribution in [0.25, 0.3) is 0 Å². The molecule has 1 saturated heterocycles. The molecule has 0 radical (unpaired) electrons. The van der Waals surface area contributed by atoms with E-state index in [-0.39, 0.29) is 11.8 Å². The van der Waals surface area contributed by atoms with Crippen molar-refractivity contribution in [3.05, 3.63) is 0 Å². The molecule has 4 heteroatoms. The van der Waals surface area contributed by atoms with Crippen LogP contribution in [0.1, 0.15) is 59.8 Å². The van der Waals surface area contributed by atoms with Crippen molar-refractivity contribution in [3.8, 4) is 0 Å². The summed E-state index contributed by atoms with van der Waals surface area (Å²) in [5.74, 6) is 0.0527. The Balaban J connectivity index is 2.18. The summed E-state index contributed by atoms with van der Waals surface area (Å²) in [6, 6.07) is 0.295. The molecule has 2 amide bonds. The van der Waals surface area contributed by atoms with Crippen LogP contribution in [0.15, 0.2) is 0 Å². The van der Waals surface area contributed by atoms with Gasteiger partial charge in [-0.3, -0.25) is 9.59 Å². The van der Waals surface area contributed by atoms with Crippen molar-refractivity contribution in [2.24, 2.45) is 5.41 Å². The number of carbonyl (C=O) groups is 2. The largest absolute Gasteiger partial charge is 0.342 e. The average molecular weight is 266 g/mol. The minimum Gasteiger partial charge on any atom is -0.342 e. The van der Waals surface area contributed by atoms with Gasteiger partial charge in [-0.15, -0.1) is 0 Å². The Bertz CT molecular complexity index is 388. The lowest BCUT2D eigenvalue weighted by atomic mass is 9.74. The first-order valence-corrected chi connectivity index (χ1v) is 7.33. The summed E-state index contributed by atoms with van der Waals surface area (Å²) in [6.07, 6.45) is 4.93. The molecular formula is C15H26N2O2. The number of hydrogen-bond donors (Lipinski definition) is 1. The van der Waals surface area contributed by atoms with Crippen molar-refractivity contribution in [3.63, 3.8) is 0 Å². The van der Waals surface area contributed by atoms with E-state index in [1.807, 2.05) is 4.90 Å². The van der Waals surface area contributed by atoms with Gasteiger partial charge in [-0.05, 0) is 38.5 Å².